The fraction of sp³-hybridized carbons (Fsp3) is 0.250. The highest BCUT2D eigenvalue weighted by Gasteiger charge is 2.06. The van der Waals surface area contributed by atoms with E-state index in [-0.39, 0.29) is 12.2 Å². The number of aliphatic hydroxyl groups excluding tert-OH is 1. The van der Waals surface area contributed by atoms with Crippen molar-refractivity contribution >= 4 is 0 Å². The minimum Gasteiger partial charge on any atom is -0.384 e. The van der Waals surface area contributed by atoms with Crippen molar-refractivity contribution in [1.29, 1.82) is 0 Å². The highest BCUT2D eigenvalue weighted by atomic mass is 16.2. The Hall–Kier alpha value is -2.38. The number of aliphatic hydroxyl groups is 1. The number of aromatic nitrogens is 2. The SMILES string of the molecule is Cc1cc(=O)n(Cc2ccccc2C#CCO)c(C)n1. The molecule has 2 rings (SSSR count). The molecule has 0 aliphatic rings. The van der Waals surface area contributed by atoms with E-state index < -0.39 is 0 Å². The quantitative estimate of drug-likeness (QED) is 0.834. The first-order valence-electron chi connectivity index (χ1n) is 6.34. The largest absolute Gasteiger partial charge is 0.384 e. The zero-order chi connectivity index (χ0) is 14.5. The molecule has 0 atom stereocenters. The third-order valence-corrected chi connectivity index (χ3v) is 2.98. The van der Waals surface area contributed by atoms with Gasteiger partial charge < -0.3 is 5.11 Å². The maximum atomic E-state index is 12.0. The Labute approximate surface area is 117 Å². The molecule has 1 N–H and O–H groups in total. The predicted molar refractivity (Wildman–Crippen MR) is 77.5 cm³/mol. The van der Waals surface area contributed by atoms with Gasteiger partial charge in [0.1, 0.15) is 12.4 Å². The van der Waals surface area contributed by atoms with Gasteiger partial charge in [0.25, 0.3) is 5.56 Å². The Morgan fingerprint density at radius 2 is 2.05 bits per heavy atom. The summed E-state index contributed by atoms with van der Waals surface area (Å²) in [6.07, 6.45) is 0. The van der Waals surface area contributed by atoms with E-state index in [2.05, 4.69) is 16.8 Å². The van der Waals surface area contributed by atoms with Crippen molar-refractivity contribution in [2.45, 2.75) is 20.4 Å². The lowest BCUT2D eigenvalue weighted by atomic mass is 10.1. The van der Waals surface area contributed by atoms with Crippen molar-refractivity contribution < 1.29 is 5.11 Å². The molecule has 1 aromatic carbocycles. The van der Waals surface area contributed by atoms with E-state index in [1.165, 1.54) is 6.07 Å². The first-order valence-corrected chi connectivity index (χ1v) is 6.34. The standard InChI is InChI=1S/C16H16N2O2/c1-12-10-16(20)18(13(2)17-12)11-15-7-4-3-6-14(15)8-5-9-19/h3-4,6-7,10,19H,9,11H2,1-2H3. The zero-order valence-electron chi connectivity index (χ0n) is 11.6. The molecule has 4 nitrogen and oxygen atoms in total. The third-order valence-electron chi connectivity index (χ3n) is 2.98. The lowest BCUT2D eigenvalue weighted by Gasteiger charge is -2.11. The van der Waals surface area contributed by atoms with Crippen LogP contribution in [-0.4, -0.2) is 21.3 Å². The van der Waals surface area contributed by atoms with E-state index in [9.17, 15) is 4.79 Å². The normalized spacial score (nSPS) is 9.95. The summed E-state index contributed by atoms with van der Waals surface area (Å²) in [4.78, 5) is 16.3. The first-order chi connectivity index (χ1) is 9.61. The number of benzene rings is 1. The molecule has 102 valence electrons. The Balaban J connectivity index is 2.43. The summed E-state index contributed by atoms with van der Waals surface area (Å²) >= 11 is 0. The minimum absolute atomic E-state index is 0.0695. The van der Waals surface area contributed by atoms with Crippen LogP contribution in [0.5, 0.6) is 0 Å². The molecule has 0 saturated carbocycles. The fourth-order valence-corrected chi connectivity index (χ4v) is 2.04. The van der Waals surface area contributed by atoms with Gasteiger partial charge in [0.2, 0.25) is 0 Å². The van der Waals surface area contributed by atoms with Crippen LogP contribution >= 0.6 is 0 Å². The van der Waals surface area contributed by atoms with Crippen molar-refractivity contribution in [3.05, 3.63) is 63.3 Å². The topological polar surface area (TPSA) is 55.1 Å². The number of hydrogen-bond acceptors (Lipinski definition) is 3. The second kappa shape index (κ2) is 6.18. The van der Waals surface area contributed by atoms with E-state index in [1.807, 2.05) is 31.2 Å². The van der Waals surface area contributed by atoms with Crippen LogP contribution in [0.1, 0.15) is 22.6 Å². The van der Waals surface area contributed by atoms with E-state index in [4.69, 9.17) is 5.11 Å². The summed E-state index contributed by atoms with van der Waals surface area (Å²) < 4.78 is 1.62. The minimum atomic E-state index is -0.181. The van der Waals surface area contributed by atoms with Crippen molar-refractivity contribution in [3.8, 4) is 11.8 Å². The second-order valence-electron chi connectivity index (χ2n) is 4.49. The summed E-state index contributed by atoms with van der Waals surface area (Å²) in [5.41, 5.74) is 2.40. The fourth-order valence-electron chi connectivity index (χ4n) is 2.04. The van der Waals surface area contributed by atoms with Gasteiger partial charge in [-0.15, -0.1) is 0 Å². The molecule has 20 heavy (non-hydrogen) atoms. The molecule has 0 unspecified atom stereocenters. The Bertz CT molecular complexity index is 736. The summed E-state index contributed by atoms with van der Waals surface area (Å²) in [5, 5.41) is 8.79. The maximum absolute atomic E-state index is 12.0. The van der Waals surface area contributed by atoms with Crippen LogP contribution in [0.25, 0.3) is 0 Å². The highest BCUT2D eigenvalue weighted by molar-refractivity contribution is 5.41. The average molecular weight is 268 g/mol. The van der Waals surface area contributed by atoms with Gasteiger partial charge >= 0.3 is 0 Å². The van der Waals surface area contributed by atoms with Gasteiger partial charge in [-0.05, 0) is 25.5 Å². The third kappa shape index (κ3) is 3.14. The number of rotatable bonds is 2. The van der Waals surface area contributed by atoms with Crippen LogP contribution in [0.2, 0.25) is 0 Å². The van der Waals surface area contributed by atoms with Gasteiger partial charge in [-0.1, -0.05) is 30.0 Å². The highest BCUT2D eigenvalue weighted by Crippen LogP contribution is 2.09. The molecule has 0 radical (unpaired) electrons. The first kappa shape index (κ1) is 14.0. The van der Waals surface area contributed by atoms with Gasteiger partial charge in [-0.25, -0.2) is 4.98 Å². The molecule has 0 saturated heterocycles. The van der Waals surface area contributed by atoms with E-state index >= 15 is 0 Å². The summed E-state index contributed by atoms with van der Waals surface area (Å²) in [7, 11) is 0. The van der Waals surface area contributed by atoms with E-state index in [0.29, 0.717) is 12.4 Å². The molecule has 0 fully saturated rings. The van der Waals surface area contributed by atoms with Crippen LogP contribution in [0.15, 0.2) is 35.1 Å². The van der Waals surface area contributed by atoms with Crippen molar-refractivity contribution in [2.75, 3.05) is 6.61 Å². The van der Waals surface area contributed by atoms with Crippen molar-refractivity contribution in [1.82, 2.24) is 9.55 Å². The molecular formula is C16H16N2O2. The monoisotopic (exact) mass is 268 g/mol. The number of hydrogen-bond donors (Lipinski definition) is 1. The lowest BCUT2D eigenvalue weighted by Crippen LogP contribution is -2.24. The molecular weight excluding hydrogens is 252 g/mol. The second-order valence-corrected chi connectivity index (χ2v) is 4.49. The molecule has 0 aliphatic heterocycles. The van der Waals surface area contributed by atoms with Gasteiger partial charge in [0.05, 0.1) is 6.54 Å². The Kier molecular flexibility index (Phi) is 4.34. The van der Waals surface area contributed by atoms with Crippen LogP contribution in [0, 0.1) is 25.7 Å². The number of aryl methyl sites for hydroxylation is 2. The van der Waals surface area contributed by atoms with Crippen LogP contribution in [0.4, 0.5) is 0 Å². The summed E-state index contributed by atoms with van der Waals surface area (Å²) in [5.74, 6) is 6.21. The Morgan fingerprint density at radius 1 is 1.30 bits per heavy atom. The molecule has 0 amide bonds. The maximum Gasteiger partial charge on any atom is 0.254 e. The summed E-state index contributed by atoms with van der Waals surface area (Å²) in [6.45, 7) is 3.86. The molecule has 1 aromatic heterocycles. The molecule has 4 heteroatoms. The van der Waals surface area contributed by atoms with Gasteiger partial charge in [0.15, 0.2) is 0 Å². The molecule has 0 bridgehead atoms. The van der Waals surface area contributed by atoms with E-state index in [1.54, 1.807) is 11.5 Å². The average Bonchev–Trinajstić information content (AvgIpc) is 2.41. The molecule has 1 heterocycles. The lowest BCUT2D eigenvalue weighted by molar-refractivity contribution is 0.350. The van der Waals surface area contributed by atoms with Crippen molar-refractivity contribution in [2.24, 2.45) is 0 Å². The Morgan fingerprint density at radius 3 is 2.75 bits per heavy atom. The van der Waals surface area contributed by atoms with Crippen LogP contribution < -0.4 is 5.56 Å². The van der Waals surface area contributed by atoms with E-state index in [0.717, 1.165) is 16.8 Å². The number of nitrogens with zero attached hydrogens (tertiary/aromatic N) is 2. The molecule has 2 aromatic rings. The van der Waals surface area contributed by atoms with Crippen LogP contribution in [-0.2, 0) is 6.54 Å². The smallest absolute Gasteiger partial charge is 0.254 e. The zero-order valence-corrected chi connectivity index (χ0v) is 11.6. The van der Waals surface area contributed by atoms with Gasteiger partial charge in [0, 0.05) is 17.3 Å². The van der Waals surface area contributed by atoms with Crippen LogP contribution in [0.3, 0.4) is 0 Å². The van der Waals surface area contributed by atoms with Gasteiger partial charge in [-0.3, -0.25) is 9.36 Å². The molecule has 0 spiro atoms. The van der Waals surface area contributed by atoms with Gasteiger partial charge in [-0.2, -0.15) is 0 Å². The summed E-state index contributed by atoms with van der Waals surface area (Å²) in [6, 6.07) is 9.11. The van der Waals surface area contributed by atoms with Crippen molar-refractivity contribution in [3.63, 3.8) is 0 Å². The predicted octanol–water partition coefficient (Wildman–Crippen LogP) is 1.25. The molecule has 0 aliphatic carbocycles.